The molecule has 1 aromatic rings. The van der Waals surface area contributed by atoms with E-state index in [2.05, 4.69) is 24.5 Å². The van der Waals surface area contributed by atoms with E-state index in [9.17, 15) is 24.0 Å². The molecule has 1 unspecified atom stereocenters. The van der Waals surface area contributed by atoms with Crippen LogP contribution in [0.1, 0.15) is 53.8 Å². The summed E-state index contributed by atoms with van der Waals surface area (Å²) >= 11 is 0. The fraction of sp³-hybridized carbons (Fsp3) is 0.476. The number of likely N-dealkylation sites (tertiary alicyclic amines) is 1. The molecule has 9 nitrogen and oxygen atoms in total. The second-order valence-electron chi connectivity index (χ2n) is 8.44. The zero-order chi connectivity index (χ0) is 21.6. The van der Waals surface area contributed by atoms with E-state index in [1.807, 2.05) is 0 Å². The number of anilines is 1. The molecule has 2 N–H and O–H groups in total. The lowest BCUT2D eigenvalue weighted by Crippen LogP contribution is -2.57. The highest BCUT2D eigenvalue weighted by atomic mass is 16.2. The van der Waals surface area contributed by atoms with Crippen molar-refractivity contribution in [2.45, 2.75) is 39.2 Å². The number of imide groups is 2. The first-order valence-electron chi connectivity index (χ1n) is 10.1. The average Bonchev–Trinajstić information content (AvgIpc) is 2.95. The number of benzene rings is 1. The second kappa shape index (κ2) is 7.23. The van der Waals surface area contributed by atoms with E-state index < -0.39 is 29.7 Å². The van der Waals surface area contributed by atoms with Crippen LogP contribution in [0, 0.1) is 5.41 Å². The van der Waals surface area contributed by atoms with Gasteiger partial charge in [-0.2, -0.15) is 0 Å². The van der Waals surface area contributed by atoms with Crippen LogP contribution in [0.2, 0.25) is 0 Å². The zero-order valence-electron chi connectivity index (χ0n) is 17.0. The molecule has 3 aliphatic heterocycles. The maximum atomic E-state index is 13.0. The van der Waals surface area contributed by atoms with Crippen molar-refractivity contribution in [1.29, 1.82) is 0 Å². The summed E-state index contributed by atoms with van der Waals surface area (Å²) in [7, 11) is 0. The van der Waals surface area contributed by atoms with Crippen LogP contribution in [0.25, 0.3) is 0 Å². The number of piperidine rings is 1. The van der Waals surface area contributed by atoms with Crippen LogP contribution in [0.4, 0.5) is 5.69 Å². The van der Waals surface area contributed by atoms with E-state index in [-0.39, 0.29) is 41.8 Å². The van der Waals surface area contributed by atoms with Gasteiger partial charge in [-0.3, -0.25) is 34.2 Å². The van der Waals surface area contributed by atoms with Crippen LogP contribution in [0.15, 0.2) is 18.2 Å². The Hall–Kier alpha value is -3.23. The normalized spacial score (nSPS) is 22.5. The Kier molecular flexibility index (Phi) is 4.83. The molecule has 0 saturated carbocycles. The smallest absolute Gasteiger partial charge is 0.264 e. The Morgan fingerprint density at radius 3 is 2.60 bits per heavy atom. The van der Waals surface area contributed by atoms with Crippen LogP contribution in [0.5, 0.6) is 0 Å². The number of carbonyl (C=O) groups is 5. The third-order valence-electron chi connectivity index (χ3n) is 6.25. The average molecular weight is 412 g/mol. The summed E-state index contributed by atoms with van der Waals surface area (Å²) in [5, 5.41) is 5.16. The summed E-state index contributed by atoms with van der Waals surface area (Å²) in [6.07, 6.45) is 1.17. The van der Waals surface area contributed by atoms with Gasteiger partial charge in [-0.25, -0.2) is 0 Å². The predicted octanol–water partition coefficient (Wildman–Crippen LogP) is 0.758. The van der Waals surface area contributed by atoms with Gasteiger partial charge in [0, 0.05) is 30.6 Å². The fourth-order valence-corrected chi connectivity index (χ4v) is 4.22. The van der Waals surface area contributed by atoms with Crippen molar-refractivity contribution in [3.8, 4) is 0 Å². The highest BCUT2D eigenvalue weighted by Gasteiger charge is 2.46. The van der Waals surface area contributed by atoms with Gasteiger partial charge in [0.2, 0.25) is 17.7 Å². The number of hydrogen-bond donors (Lipinski definition) is 2. The molecule has 3 heterocycles. The summed E-state index contributed by atoms with van der Waals surface area (Å²) in [5.41, 5.74) is 0.883. The molecule has 0 bridgehead atoms. The molecule has 0 aromatic heterocycles. The number of hydrogen-bond acceptors (Lipinski definition) is 6. The van der Waals surface area contributed by atoms with Gasteiger partial charge in [-0.1, -0.05) is 19.9 Å². The van der Waals surface area contributed by atoms with Gasteiger partial charge in [0.15, 0.2) is 0 Å². The molecule has 4 rings (SSSR count). The molecular formula is C21H24N4O5. The number of amides is 5. The van der Waals surface area contributed by atoms with Crippen LogP contribution in [-0.4, -0.2) is 65.0 Å². The van der Waals surface area contributed by atoms with Crippen LogP contribution in [0.3, 0.4) is 0 Å². The first-order valence-corrected chi connectivity index (χ1v) is 10.1. The maximum absolute atomic E-state index is 13.0. The maximum Gasteiger partial charge on any atom is 0.264 e. The molecule has 5 amide bonds. The minimum atomic E-state index is -1.02. The Labute approximate surface area is 173 Å². The van der Waals surface area contributed by atoms with Crippen LogP contribution < -0.4 is 10.6 Å². The van der Waals surface area contributed by atoms with E-state index in [0.717, 1.165) is 11.3 Å². The first kappa shape index (κ1) is 20.1. The Morgan fingerprint density at radius 1 is 1.20 bits per heavy atom. The van der Waals surface area contributed by atoms with Gasteiger partial charge in [-0.05, 0) is 25.0 Å². The van der Waals surface area contributed by atoms with Gasteiger partial charge in [0.1, 0.15) is 6.04 Å². The van der Waals surface area contributed by atoms with Gasteiger partial charge < -0.3 is 10.2 Å². The highest BCUT2D eigenvalue weighted by Crippen LogP contribution is 2.34. The Bertz CT molecular complexity index is 966. The quantitative estimate of drug-likeness (QED) is 0.690. The van der Waals surface area contributed by atoms with E-state index in [1.54, 1.807) is 17.0 Å². The van der Waals surface area contributed by atoms with E-state index >= 15 is 0 Å². The number of fused-ring (bicyclic) bond motifs is 1. The van der Waals surface area contributed by atoms with Crippen molar-refractivity contribution < 1.29 is 24.0 Å². The monoisotopic (exact) mass is 412 g/mol. The van der Waals surface area contributed by atoms with Crippen molar-refractivity contribution in [3.63, 3.8) is 0 Å². The lowest BCUT2D eigenvalue weighted by atomic mass is 9.79. The summed E-state index contributed by atoms with van der Waals surface area (Å²) in [5.74, 6) is -2.30. The van der Waals surface area contributed by atoms with Crippen molar-refractivity contribution in [2.24, 2.45) is 5.41 Å². The lowest BCUT2D eigenvalue weighted by molar-refractivity contribution is -0.140. The summed E-state index contributed by atoms with van der Waals surface area (Å²) in [4.78, 5) is 64.6. The molecule has 158 valence electrons. The molecule has 1 atom stereocenters. The zero-order valence-corrected chi connectivity index (χ0v) is 17.0. The molecule has 0 spiro atoms. The number of carbonyl (C=O) groups excluding carboxylic acids is 5. The molecule has 30 heavy (non-hydrogen) atoms. The largest absolute Gasteiger partial charge is 0.375 e. The molecule has 2 saturated heterocycles. The van der Waals surface area contributed by atoms with Crippen molar-refractivity contribution in [3.05, 3.63) is 29.3 Å². The third kappa shape index (κ3) is 3.24. The predicted molar refractivity (Wildman–Crippen MR) is 107 cm³/mol. The lowest BCUT2D eigenvalue weighted by Gasteiger charge is -2.47. The number of rotatable bonds is 5. The number of nitrogens with one attached hydrogen (secondary N) is 2. The second-order valence-corrected chi connectivity index (χ2v) is 8.44. The summed E-state index contributed by atoms with van der Waals surface area (Å²) in [6, 6.07) is 3.77. The highest BCUT2D eigenvalue weighted by molar-refractivity contribution is 6.25. The van der Waals surface area contributed by atoms with Crippen LogP contribution in [-0.2, 0) is 14.4 Å². The Morgan fingerprint density at radius 2 is 1.93 bits per heavy atom. The summed E-state index contributed by atoms with van der Waals surface area (Å²) in [6.45, 7) is 5.66. The molecule has 9 heteroatoms. The molecule has 3 aliphatic rings. The SMILES string of the molecule is CCC1(C)CN(C(=O)CNc2cccc3c2C(=O)N(C2CCC(=O)NC2=O)C3=O)C1. The standard InChI is InChI=1S/C21H24N4O5/c1-3-21(2)10-24(11-21)16(27)9-22-13-6-4-5-12-17(13)20(30)25(19(12)29)14-7-8-15(26)23-18(14)28/h4-6,14,22H,3,7-11H2,1-2H3,(H,23,26,28). The van der Waals surface area contributed by atoms with E-state index in [4.69, 9.17) is 0 Å². The third-order valence-corrected chi connectivity index (χ3v) is 6.25. The minimum Gasteiger partial charge on any atom is -0.375 e. The van der Waals surface area contributed by atoms with Gasteiger partial charge in [0.25, 0.3) is 11.8 Å². The van der Waals surface area contributed by atoms with Gasteiger partial charge in [0.05, 0.1) is 17.7 Å². The molecule has 2 fully saturated rings. The van der Waals surface area contributed by atoms with Crippen LogP contribution >= 0.6 is 0 Å². The van der Waals surface area contributed by atoms with E-state index in [0.29, 0.717) is 18.8 Å². The topological polar surface area (TPSA) is 116 Å². The Balaban J connectivity index is 1.49. The molecule has 0 aliphatic carbocycles. The molecule has 1 aromatic carbocycles. The summed E-state index contributed by atoms with van der Waals surface area (Å²) < 4.78 is 0. The number of nitrogens with zero attached hydrogens (tertiary/aromatic N) is 2. The van der Waals surface area contributed by atoms with Crippen molar-refractivity contribution in [2.75, 3.05) is 25.0 Å². The molecule has 0 radical (unpaired) electrons. The van der Waals surface area contributed by atoms with Gasteiger partial charge >= 0.3 is 0 Å². The van der Waals surface area contributed by atoms with Gasteiger partial charge in [-0.15, -0.1) is 0 Å². The minimum absolute atomic E-state index is 0.0101. The van der Waals surface area contributed by atoms with Crippen molar-refractivity contribution >= 4 is 35.2 Å². The van der Waals surface area contributed by atoms with Crippen molar-refractivity contribution in [1.82, 2.24) is 15.1 Å². The fourth-order valence-electron chi connectivity index (χ4n) is 4.22. The van der Waals surface area contributed by atoms with E-state index in [1.165, 1.54) is 6.07 Å². The molecular weight excluding hydrogens is 388 g/mol. The first-order chi connectivity index (χ1) is 14.2.